The van der Waals surface area contributed by atoms with Gasteiger partial charge >= 0.3 is 0 Å². The van der Waals surface area contributed by atoms with E-state index in [0.717, 1.165) is 16.9 Å². The number of rotatable bonds is 4. The van der Waals surface area contributed by atoms with Crippen LogP contribution >= 0.6 is 11.6 Å². The molecule has 2 rings (SSSR count). The Kier molecular flexibility index (Phi) is 4.86. The quantitative estimate of drug-likeness (QED) is 0.915. The van der Waals surface area contributed by atoms with Crippen molar-refractivity contribution in [1.29, 1.82) is 0 Å². The number of amides is 1. The van der Waals surface area contributed by atoms with E-state index in [2.05, 4.69) is 5.32 Å². The molecule has 2 aromatic carbocycles. The highest BCUT2D eigenvalue weighted by atomic mass is 35.5. The van der Waals surface area contributed by atoms with Gasteiger partial charge in [0.25, 0.3) is 5.91 Å². The van der Waals surface area contributed by atoms with E-state index in [1.165, 1.54) is 5.56 Å². The molecule has 0 heterocycles. The van der Waals surface area contributed by atoms with Crippen LogP contribution in [0.2, 0.25) is 5.02 Å². The van der Waals surface area contributed by atoms with Crippen molar-refractivity contribution in [2.24, 2.45) is 0 Å². The van der Waals surface area contributed by atoms with Crippen LogP contribution in [-0.2, 0) is 4.79 Å². The van der Waals surface area contributed by atoms with Crippen molar-refractivity contribution in [3.63, 3.8) is 0 Å². The number of hydrogen-bond acceptors (Lipinski definition) is 2. The molecular formula is C17H18ClNO2. The highest BCUT2D eigenvalue weighted by Crippen LogP contribution is 2.23. The third kappa shape index (κ3) is 3.99. The predicted octanol–water partition coefficient (Wildman–Crippen LogP) is 4.28. The maximum atomic E-state index is 11.9. The smallest absolute Gasteiger partial charge is 0.262 e. The monoisotopic (exact) mass is 303 g/mol. The molecule has 4 heteroatoms. The number of carbonyl (C=O) groups excluding carboxylic acids is 1. The lowest BCUT2D eigenvalue weighted by Gasteiger charge is -2.12. The number of nitrogens with one attached hydrogen (secondary N) is 1. The molecule has 0 aromatic heterocycles. The molecule has 110 valence electrons. The van der Waals surface area contributed by atoms with Crippen molar-refractivity contribution in [2.75, 3.05) is 11.9 Å². The molecule has 0 fully saturated rings. The van der Waals surface area contributed by atoms with Crippen LogP contribution in [-0.4, -0.2) is 12.5 Å². The molecule has 0 unspecified atom stereocenters. The maximum Gasteiger partial charge on any atom is 0.262 e. The molecule has 0 aliphatic rings. The van der Waals surface area contributed by atoms with Gasteiger partial charge in [0, 0.05) is 10.7 Å². The molecule has 0 atom stereocenters. The van der Waals surface area contributed by atoms with Crippen LogP contribution in [0.1, 0.15) is 16.7 Å². The van der Waals surface area contributed by atoms with E-state index < -0.39 is 0 Å². The summed E-state index contributed by atoms with van der Waals surface area (Å²) in [6.45, 7) is 5.81. The standard InChI is InChI=1S/C17H18ClNO2/c1-11-7-8-16(12(2)9-11)21-10-17(20)19-15-6-4-5-14(18)13(15)3/h4-9H,10H2,1-3H3,(H,19,20). The molecule has 0 spiro atoms. The van der Waals surface area contributed by atoms with Gasteiger partial charge in [-0.1, -0.05) is 35.4 Å². The van der Waals surface area contributed by atoms with E-state index >= 15 is 0 Å². The zero-order valence-corrected chi connectivity index (χ0v) is 13.1. The Balaban J connectivity index is 1.97. The number of anilines is 1. The second-order valence-corrected chi connectivity index (χ2v) is 5.43. The first-order valence-electron chi connectivity index (χ1n) is 6.72. The summed E-state index contributed by atoms with van der Waals surface area (Å²) in [5.74, 6) is 0.513. The largest absolute Gasteiger partial charge is 0.483 e. The average molecular weight is 304 g/mol. The number of ether oxygens (including phenoxy) is 1. The lowest BCUT2D eigenvalue weighted by molar-refractivity contribution is -0.118. The summed E-state index contributed by atoms with van der Waals surface area (Å²) in [4.78, 5) is 11.9. The van der Waals surface area contributed by atoms with Gasteiger partial charge in [0.15, 0.2) is 6.61 Å². The fraction of sp³-hybridized carbons (Fsp3) is 0.235. The fourth-order valence-corrected chi connectivity index (χ4v) is 2.21. The molecule has 1 N–H and O–H groups in total. The topological polar surface area (TPSA) is 38.3 Å². The van der Waals surface area contributed by atoms with Gasteiger partial charge < -0.3 is 10.1 Å². The van der Waals surface area contributed by atoms with E-state index in [1.807, 2.05) is 45.0 Å². The minimum atomic E-state index is -0.208. The minimum absolute atomic E-state index is 0.0319. The first-order valence-corrected chi connectivity index (χ1v) is 7.10. The first kappa shape index (κ1) is 15.4. The van der Waals surface area contributed by atoms with Crippen molar-refractivity contribution >= 4 is 23.2 Å². The Labute approximate surface area is 129 Å². The van der Waals surface area contributed by atoms with Gasteiger partial charge in [-0.15, -0.1) is 0 Å². The molecule has 0 aliphatic carbocycles. The van der Waals surface area contributed by atoms with Crippen LogP contribution in [0.5, 0.6) is 5.75 Å². The van der Waals surface area contributed by atoms with Crippen LogP contribution in [0.25, 0.3) is 0 Å². The Morgan fingerprint density at radius 2 is 1.95 bits per heavy atom. The molecule has 0 radical (unpaired) electrons. The van der Waals surface area contributed by atoms with Crippen molar-refractivity contribution in [3.05, 3.63) is 58.1 Å². The fourth-order valence-electron chi connectivity index (χ4n) is 2.03. The number of benzene rings is 2. The van der Waals surface area contributed by atoms with E-state index in [4.69, 9.17) is 16.3 Å². The highest BCUT2D eigenvalue weighted by molar-refractivity contribution is 6.31. The van der Waals surface area contributed by atoms with Crippen molar-refractivity contribution in [1.82, 2.24) is 0 Å². The third-order valence-corrected chi connectivity index (χ3v) is 3.64. The van der Waals surface area contributed by atoms with Gasteiger partial charge in [-0.05, 0) is 50.1 Å². The molecule has 3 nitrogen and oxygen atoms in total. The summed E-state index contributed by atoms with van der Waals surface area (Å²) < 4.78 is 5.55. The maximum absolute atomic E-state index is 11.9. The van der Waals surface area contributed by atoms with E-state index in [-0.39, 0.29) is 12.5 Å². The zero-order chi connectivity index (χ0) is 15.4. The third-order valence-electron chi connectivity index (χ3n) is 3.23. The summed E-state index contributed by atoms with van der Waals surface area (Å²) in [6.07, 6.45) is 0. The zero-order valence-electron chi connectivity index (χ0n) is 12.4. The summed E-state index contributed by atoms with van der Waals surface area (Å²) >= 11 is 6.02. The van der Waals surface area contributed by atoms with E-state index in [1.54, 1.807) is 12.1 Å². The lowest BCUT2D eigenvalue weighted by atomic mass is 10.1. The Hall–Kier alpha value is -2.00. The van der Waals surface area contributed by atoms with Crippen LogP contribution in [0, 0.1) is 20.8 Å². The molecule has 0 aliphatic heterocycles. The average Bonchev–Trinajstić information content (AvgIpc) is 2.43. The van der Waals surface area contributed by atoms with Gasteiger partial charge in [-0.3, -0.25) is 4.79 Å². The molecule has 0 saturated carbocycles. The van der Waals surface area contributed by atoms with E-state index in [9.17, 15) is 4.79 Å². The highest BCUT2D eigenvalue weighted by Gasteiger charge is 2.08. The van der Waals surface area contributed by atoms with Crippen molar-refractivity contribution in [2.45, 2.75) is 20.8 Å². The Morgan fingerprint density at radius 3 is 2.67 bits per heavy atom. The Bertz CT molecular complexity index is 668. The molecule has 21 heavy (non-hydrogen) atoms. The summed E-state index contributed by atoms with van der Waals surface area (Å²) in [5.41, 5.74) is 3.73. The first-order chi connectivity index (χ1) is 9.97. The molecular weight excluding hydrogens is 286 g/mol. The van der Waals surface area contributed by atoms with Crippen LogP contribution in [0.3, 0.4) is 0 Å². The molecule has 0 bridgehead atoms. The summed E-state index contributed by atoms with van der Waals surface area (Å²) in [5, 5.41) is 3.43. The second kappa shape index (κ2) is 6.64. The van der Waals surface area contributed by atoms with Crippen molar-refractivity contribution in [3.8, 4) is 5.75 Å². The van der Waals surface area contributed by atoms with Gasteiger partial charge in [0.05, 0.1) is 0 Å². The lowest BCUT2D eigenvalue weighted by Crippen LogP contribution is -2.20. The minimum Gasteiger partial charge on any atom is -0.483 e. The van der Waals surface area contributed by atoms with Crippen molar-refractivity contribution < 1.29 is 9.53 Å². The van der Waals surface area contributed by atoms with Gasteiger partial charge in [0.1, 0.15) is 5.75 Å². The van der Waals surface area contributed by atoms with Crippen LogP contribution < -0.4 is 10.1 Å². The molecule has 1 amide bonds. The summed E-state index contributed by atoms with van der Waals surface area (Å²) in [7, 11) is 0. The SMILES string of the molecule is Cc1ccc(OCC(=O)Nc2cccc(Cl)c2C)c(C)c1. The number of aryl methyl sites for hydroxylation is 2. The number of carbonyl (C=O) groups is 1. The van der Waals surface area contributed by atoms with Gasteiger partial charge in [0.2, 0.25) is 0 Å². The van der Waals surface area contributed by atoms with E-state index in [0.29, 0.717) is 10.7 Å². The Morgan fingerprint density at radius 1 is 1.19 bits per heavy atom. The molecule has 0 saturated heterocycles. The predicted molar refractivity (Wildman–Crippen MR) is 86.2 cm³/mol. The van der Waals surface area contributed by atoms with Gasteiger partial charge in [-0.25, -0.2) is 0 Å². The van der Waals surface area contributed by atoms with Crippen LogP contribution in [0.4, 0.5) is 5.69 Å². The van der Waals surface area contributed by atoms with Crippen LogP contribution in [0.15, 0.2) is 36.4 Å². The number of hydrogen-bond donors (Lipinski definition) is 1. The normalized spacial score (nSPS) is 10.3. The second-order valence-electron chi connectivity index (χ2n) is 5.02. The number of halogens is 1. The van der Waals surface area contributed by atoms with Gasteiger partial charge in [-0.2, -0.15) is 0 Å². The molecule has 2 aromatic rings. The summed E-state index contributed by atoms with van der Waals surface area (Å²) in [6, 6.07) is 11.3.